The molecule has 1 aromatic rings. The van der Waals surface area contributed by atoms with E-state index in [9.17, 15) is 9.90 Å². The van der Waals surface area contributed by atoms with Gasteiger partial charge in [-0.3, -0.25) is 4.79 Å². The number of carboxylic acid groups (broad SMARTS) is 1. The van der Waals surface area contributed by atoms with Gasteiger partial charge in [-0.25, -0.2) is 0 Å². The summed E-state index contributed by atoms with van der Waals surface area (Å²) in [6.45, 7) is 3.44. The number of hydrogen-bond acceptors (Lipinski definition) is 1. The van der Waals surface area contributed by atoms with Gasteiger partial charge in [-0.2, -0.15) is 0 Å². The van der Waals surface area contributed by atoms with E-state index in [4.69, 9.17) is 11.6 Å². The molecule has 0 atom stereocenters. The first kappa shape index (κ1) is 11.2. The maximum Gasteiger partial charge on any atom is 0.313 e. The quantitative estimate of drug-likeness (QED) is 0.855. The van der Waals surface area contributed by atoms with Crippen molar-refractivity contribution in [3.8, 4) is 0 Å². The molecule has 0 saturated carbocycles. The van der Waals surface area contributed by atoms with Gasteiger partial charge < -0.3 is 5.11 Å². The number of fused-ring (bicyclic) bond motifs is 1. The van der Waals surface area contributed by atoms with Crippen LogP contribution in [0, 0.1) is 5.41 Å². The summed E-state index contributed by atoms with van der Waals surface area (Å²) in [6, 6.07) is 5.64. The van der Waals surface area contributed by atoms with Crippen LogP contribution in [0.1, 0.15) is 25.0 Å². The molecular weight excluding hydrogens is 224 g/mol. The van der Waals surface area contributed by atoms with Crippen molar-refractivity contribution >= 4 is 23.1 Å². The van der Waals surface area contributed by atoms with E-state index in [0.717, 1.165) is 23.1 Å². The molecule has 2 nitrogen and oxygen atoms in total. The van der Waals surface area contributed by atoms with Crippen molar-refractivity contribution in [3.63, 3.8) is 0 Å². The van der Waals surface area contributed by atoms with Crippen LogP contribution in [0.15, 0.2) is 24.3 Å². The Kier molecular flexibility index (Phi) is 2.55. The Hall–Kier alpha value is -1.28. The smallest absolute Gasteiger partial charge is 0.313 e. The number of carbonyl (C=O) groups is 1. The summed E-state index contributed by atoms with van der Waals surface area (Å²) in [7, 11) is 0. The topological polar surface area (TPSA) is 37.3 Å². The average Bonchev–Trinajstić information content (AvgIpc) is 2.60. The minimum Gasteiger partial charge on any atom is -0.481 e. The van der Waals surface area contributed by atoms with Crippen LogP contribution in [0.25, 0.3) is 5.57 Å². The van der Waals surface area contributed by atoms with Gasteiger partial charge in [-0.1, -0.05) is 23.7 Å². The van der Waals surface area contributed by atoms with Crippen LogP contribution in [0.2, 0.25) is 5.02 Å². The van der Waals surface area contributed by atoms with Gasteiger partial charge in [0, 0.05) is 5.02 Å². The number of benzene rings is 1. The van der Waals surface area contributed by atoms with Crippen LogP contribution in [0.5, 0.6) is 0 Å². The third kappa shape index (κ3) is 1.63. The number of allylic oxidation sites excluding steroid dienone is 1. The lowest BCUT2D eigenvalue weighted by Crippen LogP contribution is -2.24. The maximum atomic E-state index is 11.2. The highest BCUT2D eigenvalue weighted by molar-refractivity contribution is 6.30. The van der Waals surface area contributed by atoms with E-state index in [1.807, 2.05) is 24.3 Å². The molecule has 0 heterocycles. The first-order valence-corrected chi connectivity index (χ1v) is 5.53. The second-order valence-corrected chi connectivity index (χ2v) is 4.99. The standard InChI is InChI=1S/C13H13ClO2/c1-13(2,12(15)16)11-6-4-8-3-5-9(14)7-10(8)11/h3,5-7H,4H2,1-2H3,(H,15,16). The van der Waals surface area contributed by atoms with Crippen molar-refractivity contribution in [1.82, 2.24) is 0 Å². The van der Waals surface area contributed by atoms with Crippen LogP contribution < -0.4 is 0 Å². The summed E-state index contributed by atoms with van der Waals surface area (Å²) in [4.78, 5) is 11.2. The lowest BCUT2D eigenvalue weighted by molar-refractivity contribution is -0.143. The first-order valence-electron chi connectivity index (χ1n) is 5.16. The molecule has 16 heavy (non-hydrogen) atoms. The van der Waals surface area contributed by atoms with E-state index >= 15 is 0 Å². The van der Waals surface area contributed by atoms with E-state index in [2.05, 4.69) is 0 Å². The van der Waals surface area contributed by atoms with Crippen LogP contribution in [0.4, 0.5) is 0 Å². The van der Waals surface area contributed by atoms with Gasteiger partial charge in [0.25, 0.3) is 0 Å². The molecule has 1 N–H and O–H groups in total. The summed E-state index contributed by atoms with van der Waals surface area (Å²) >= 11 is 5.94. The van der Waals surface area contributed by atoms with Gasteiger partial charge in [-0.05, 0) is 49.1 Å². The molecule has 3 heteroatoms. The van der Waals surface area contributed by atoms with Gasteiger partial charge in [0.2, 0.25) is 0 Å². The number of carboxylic acids is 1. The van der Waals surface area contributed by atoms with Gasteiger partial charge in [-0.15, -0.1) is 0 Å². The average molecular weight is 237 g/mol. The van der Waals surface area contributed by atoms with Gasteiger partial charge in [0.05, 0.1) is 5.41 Å². The molecule has 0 radical (unpaired) electrons. The molecule has 1 aromatic carbocycles. The highest BCUT2D eigenvalue weighted by Crippen LogP contribution is 2.41. The Labute approximate surface area is 99.5 Å². The second kappa shape index (κ2) is 3.63. The van der Waals surface area contributed by atoms with Crippen LogP contribution in [0.3, 0.4) is 0 Å². The van der Waals surface area contributed by atoms with E-state index < -0.39 is 11.4 Å². The van der Waals surface area contributed by atoms with E-state index in [1.165, 1.54) is 0 Å². The normalized spacial score (nSPS) is 14.6. The van der Waals surface area contributed by atoms with Crippen molar-refractivity contribution in [2.75, 3.05) is 0 Å². The highest BCUT2D eigenvalue weighted by atomic mass is 35.5. The largest absolute Gasteiger partial charge is 0.481 e. The van der Waals surface area contributed by atoms with Crippen molar-refractivity contribution in [3.05, 3.63) is 40.4 Å². The van der Waals surface area contributed by atoms with Gasteiger partial charge in [0.15, 0.2) is 0 Å². The molecule has 0 fully saturated rings. The Bertz CT molecular complexity index is 487. The zero-order valence-corrected chi connectivity index (χ0v) is 10.0. The molecule has 0 bridgehead atoms. The number of hydrogen-bond donors (Lipinski definition) is 1. The lowest BCUT2D eigenvalue weighted by Gasteiger charge is -2.22. The van der Waals surface area contributed by atoms with E-state index in [1.54, 1.807) is 13.8 Å². The zero-order chi connectivity index (χ0) is 11.9. The predicted molar refractivity (Wildman–Crippen MR) is 64.5 cm³/mol. The monoisotopic (exact) mass is 236 g/mol. The number of aliphatic carboxylic acids is 1. The molecule has 0 spiro atoms. The zero-order valence-electron chi connectivity index (χ0n) is 9.25. The van der Waals surface area contributed by atoms with Crippen molar-refractivity contribution in [2.45, 2.75) is 20.3 Å². The molecule has 1 aliphatic carbocycles. The Balaban J connectivity index is 2.50. The lowest BCUT2D eigenvalue weighted by atomic mass is 9.81. The highest BCUT2D eigenvalue weighted by Gasteiger charge is 2.35. The van der Waals surface area contributed by atoms with Crippen LogP contribution in [-0.2, 0) is 11.2 Å². The SMILES string of the molecule is CC(C)(C(=O)O)C1=CCc2ccc(Cl)cc21. The second-order valence-electron chi connectivity index (χ2n) is 4.55. The molecule has 0 amide bonds. The summed E-state index contributed by atoms with van der Waals surface area (Å²) in [5, 5.41) is 9.87. The predicted octanol–water partition coefficient (Wildman–Crippen LogP) is 3.39. The number of halogens is 1. The summed E-state index contributed by atoms with van der Waals surface area (Å²) in [5.74, 6) is -0.813. The third-order valence-corrected chi connectivity index (χ3v) is 3.33. The summed E-state index contributed by atoms with van der Waals surface area (Å²) in [6.07, 6.45) is 2.77. The van der Waals surface area contributed by atoms with Crippen molar-refractivity contribution in [1.29, 1.82) is 0 Å². The maximum absolute atomic E-state index is 11.2. The Morgan fingerprint density at radius 2 is 2.12 bits per heavy atom. The van der Waals surface area contributed by atoms with Gasteiger partial charge in [0.1, 0.15) is 0 Å². The summed E-state index contributed by atoms with van der Waals surface area (Å²) in [5.41, 5.74) is 2.11. The molecule has 0 saturated heterocycles. The third-order valence-electron chi connectivity index (χ3n) is 3.10. The molecule has 0 aromatic heterocycles. The Morgan fingerprint density at radius 3 is 2.75 bits per heavy atom. The first-order chi connectivity index (χ1) is 7.43. The van der Waals surface area contributed by atoms with Crippen LogP contribution >= 0.6 is 11.6 Å². The van der Waals surface area contributed by atoms with Crippen LogP contribution in [-0.4, -0.2) is 11.1 Å². The number of rotatable bonds is 2. The minimum atomic E-state index is -0.865. The van der Waals surface area contributed by atoms with Crippen molar-refractivity contribution < 1.29 is 9.90 Å². The fraction of sp³-hybridized carbons (Fsp3) is 0.308. The Morgan fingerprint density at radius 1 is 1.44 bits per heavy atom. The van der Waals surface area contributed by atoms with Crippen molar-refractivity contribution in [2.24, 2.45) is 5.41 Å². The molecule has 84 valence electrons. The summed E-state index contributed by atoms with van der Waals surface area (Å²) < 4.78 is 0. The minimum absolute atomic E-state index is 0.646. The van der Waals surface area contributed by atoms with E-state index in [0.29, 0.717) is 5.02 Å². The molecule has 1 aliphatic rings. The fourth-order valence-electron chi connectivity index (χ4n) is 2.01. The molecule has 2 rings (SSSR count). The fourth-order valence-corrected chi connectivity index (χ4v) is 2.18. The van der Waals surface area contributed by atoms with E-state index in [-0.39, 0.29) is 0 Å². The molecular formula is C13H13ClO2. The molecule has 0 unspecified atom stereocenters. The van der Waals surface area contributed by atoms with Gasteiger partial charge >= 0.3 is 5.97 Å². The molecule has 0 aliphatic heterocycles.